The zero-order valence-corrected chi connectivity index (χ0v) is 11.8. The van der Waals surface area contributed by atoms with Gasteiger partial charge in [0.15, 0.2) is 17.5 Å². The molecule has 0 unspecified atom stereocenters. The molecule has 4 nitrogen and oxygen atoms in total. The molecule has 2 rings (SSSR count). The second-order valence-electron chi connectivity index (χ2n) is 4.68. The van der Waals surface area contributed by atoms with Crippen LogP contribution < -0.4 is 11.2 Å². The molecule has 0 bridgehead atoms. The van der Waals surface area contributed by atoms with Crippen LogP contribution in [0.25, 0.3) is 5.69 Å². The highest BCUT2D eigenvalue weighted by atomic mass is 35.5. The third kappa shape index (κ3) is 2.61. The van der Waals surface area contributed by atoms with Crippen LogP contribution in [0.2, 0.25) is 5.15 Å². The Labute approximate surface area is 121 Å². The van der Waals surface area contributed by atoms with Crippen molar-refractivity contribution in [3.05, 3.63) is 61.1 Å². The van der Waals surface area contributed by atoms with Gasteiger partial charge in [0.1, 0.15) is 5.15 Å². The molecule has 0 saturated heterocycles. The zero-order chi connectivity index (χ0) is 15.9. The number of aromatic nitrogens is 2. The lowest BCUT2D eigenvalue weighted by Gasteiger charge is -2.11. The van der Waals surface area contributed by atoms with E-state index in [0.29, 0.717) is 16.7 Å². The molecule has 0 fully saturated rings. The molecule has 0 amide bonds. The summed E-state index contributed by atoms with van der Waals surface area (Å²) < 4.78 is 40.0. The highest BCUT2D eigenvalue weighted by Crippen LogP contribution is 2.19. The molecule has 112 valence electrons. The molecule has 2 aromatic rings. The number of hydrogen-bond donors (Lipinski definition) is 1. The van der Waals surface area contributed by atoms with Crippen molar-refractivity contribution < 1.29 is 13.2 Å². The first-order valence-corrected chi connectivity index (χ1v) is 6.31. The molecule has 0 spiro atoms. The van der Waals surface area contributed by atoms with E-state index in [0.717, 1.165) is 0 Å². The Morgan fingerprint density at radius 2 is 1.67 bits per heavy atom. The molecule has 8 heteroatoms. The molecular weight excluding hydrogens is 309 g/mol. The van der Waals surface area contributed by atoms with Crippen LogP contribution in [-0.4, -0.2) is 9.55 Å². The number of rotatable bonds is 2. The highest BCUT2D eigenvalue weighted by molar-refractivity contribution is 6.30. The normalized spacial score (nSPS) is 11.2. The second-order valence-corrected chi connectivity index (χ2v) is 5.05. The van der Waals surface area contributed by atoms with E-state index in [4.69, 9.17) is 11.6 Å². The van der Waals surface area contributed by atoms with Gasteiger partial charge in [-0.1, -0.05) is 25.4 Å². The predicted molar refractivity (Wildman–Crippen MR) is 71.6 cm³/mol. The first kappa shape index (κ1) is 15.4. The Balaban J connectivity index is 2.85. The Kier molecular flexibility index (Phi) is 3.95. The van der Waals surface area contributed by atoms with E-state index in [-0.39, 0.29) is 16.6 Å². The van der Waals surface area contributed by atoms with Gasteiger partial charge in [-0.05, 0) is 5.92 Å². The number of aromatic amines is 1. The van der Waals surface area contributed by atoms with Crippen molar-refractivity contribution in [1.29, 1.82) is 0 Å². The third-order valence-corrected chi connectivity index (χ3v) is 3.19. The molecule has 21 heavy (non-hydrogen) atoms. The quantitative estimate of drug-likeness (QED) is 0.684. The fourth-order valence-corrected chi connectivity index (χ4v) is 2.31. The number of benzene rings is 1. The third-order valence-electron chi connectivity index (χ3n) is 2.89. The van der Waals surface area contributed by atoms with E-state index in [2.05, 4.69) is 4.98 Å². The van der Waals surface area contributed by atoms with Gasteiger partial charge in [-0.2, -0.15) is 0 Å². The Hall–Kier alpha value is -2.02. The fraction of sp³-hybridized carbons (Fsp3) is 0.231. The van der Waals surface area contributed by atoms with Gasteiger partial charge < -0.3 is 0 Å². The van der Waals surface area contributed by atoms with Gasteiger partial charge in [0, 0.05) is 12.1 Å². The van der Waals surface area contributed by atoms with Gasteiger partial charge in [-0.3, -0.25) is 9.78 Å². The molecule has 0 aliphatic heterocycles. The topological polar surface area (TPSA) is 54.9 Å². The van der Waals surface area contributed by atoms with Crippen molar-refractivity contribution in [2.45, 2.75) is 19.8 Å². The van der Waals surface area contributed by atoms with Crippen LogP contribution in [0.15, 0.2) is 21.7 Å². The van der Waals surface area contributed by atoms with Crippen molar-refractivity contribution in [2.75, 3.05) is 0 Å². The lowest BCUT2D eigenvalue weighted by molar-refractivity contribution is 0.446. The largest absolute Gasteiger partial charge is 0.334 e. The van der Waals surface area contributed by atoms with Gasteiger partial charge in [0.25, 0.3) is 5.56 Å². The number of hydrogen-bond acceptors (Lipinski definition) is 2. The van der Waals surface area contributed by atoms with Gasteiger partial charge in [-0.25, -0.2) is 22.5 Å². The van der Waals surface area contributed by atoms with Crippen LogP contribution in [0.4, 0.5) is 13.2 Å². The average Bonchev–Trinajstić information content (AvgIpc) is 2.34. The molecule has 0 saturated carbocycles. The first-order valence-electron chi connectivity index (χ1n) is 5.93. The van der Waals surface area contributed by atoms with Gasteiger partial charge in [-0.15, -0.1) is 0 Å². The SMILES string of the molecule is CC(C)c1c(Cl)[nH]c(=O)n(-c2cc(F)c(F)c(F)c2)c1=O. The average molecular weight is 319 g/mol. The molecule has 0 aliphatic carbocycles. The summed E-state index contributed by atoms with van der Waals surface area (Å²) in [4.78, 5) is 26.3. The molecular formula is C13H10ClF3N2O2. The second kappa shape index (κ2) is 5.40. The molecule has 1 aromatic heterocycles. The van der Waals surface area contributed by atoms with E-state index < -0.39 is 34.4 Å². The number of halogens is 4. The minimum Gasteiger partial charge on any atom is -0.297 e. The van der Waals surface area contributed by atoms with Gasteiger partial charge in [0.05, 0.1) is 11.3 Å². The van der Waals surface area contributed by atoms with Crippen LogP contribution in [0.1, 0.15) is 25.3 Å². The van der Waals surface area contributed by atoms with Crippen molar-refractivity contribution in [1.82, 2.24) is 9.55 Å². The molecule has 0 radical (unpaired) electrons. The fourth-order valence-electron chi connectivity index (χ4n) is 1.93. The summed E-state index contributed by atoms with van der Waals surface area (Å²) in [7, 11) is 0. The van der Waals surface area contributed by atoms with Crippen LogP contribution in [0.5, 0.6) is 0 Å². The monoisotopic (exact) mass is 318 g/mol. The molecule has 1 heterocycles. The summed E-state index contributed by atoms with van der Waals surface area (Å²) in [5.41, 5.74) is -2.12. The van der Waals surface area contributed by atoms with E-state index in [1.165, 1.54) is 0 Å². The zero-order valence-electron chi connectivity index (χ0n) is 11.0. The van der Waals surface area contributed by atoms with Crippen molar-refractivity contribution in [2.24, 2.45) is 0 Å². The van der Waals surface area contributed by atoms with Crippen LogP contribution in [0, 0.1) is 17.5 Å². The van der Waals surface area contributed by atoms with E-state index in [9.17, 15) is 22.8 Å². The summed E-state index contributed by atoms with van der Waals surface area (Å²) in [5.74, 6) is -5.01. The van der Waals surface area contributed by atoms with E-state index in [1.54, 1.807) is 13.8 Å². The number of H-pyrrole nitrogens is 1. The van der Waals surface area contributed by atoms with Gasteiger partial charge >= 0.3 is 5.69 Å². The molecule has 0 aliphatic rings. The Morgan fingerprint density at radius 3 is 2.14 bits per heavy atom. The maximum atomic E-state index is 13.3. The maximum Gasteiger partial charge on any atom is 0.334 e. The van der Waals surface area contributed by atoms with Crippen LogP contribution >= 0.6 is 11.6 Å². The standard InChI is InChI=1S/C13H10ClF3N2O2/c1-5(2)9-11(14)18-13(21)19(12(9)20)6-3-7(15)10(17)8(16)4-6/h3-5H,1-2H3,(H,18,21). The lowest BCUT2D eigenvalue weighted by atomic mass is 10.1. The molecule has 0 atom stereocenters. The Bertz CT molecular complexity index is 804. The van der Waals surface area contributed by atoms with Crippen molar-refractivity contribution in [3.8, 4) is 5.69 Å². The number of nitrogens with one attached hydrogen (secondary N) is 1. The summed E-state index contributed by atoms with van der Waals surface area (Å²) in [6, 6.07) is 1.13. The van der Waals surface area contributed by atoms with Gasteiger partial charge in [0.2, 0.25) is 0 Å². The lowest BCUT2D eigenvalue weighted by Crippen LogP contribution is -2.36. The summed E-state index contributed by atoms with van der Waals surface area (Å²) in [6.45, 7) is 3.33. The maximum absolute atomic E-state index is 13.3. The number of nitrogens with zero attached hydrogens (tertiary/aromatic N) is 1. The van der Waals surface area contributed by atoms with Crippen molar-refractivity contribution >= 4 is 11.6 Å². The molecule has 1 N–H and O–H groups in total. The first-order chi connectivity index (χ1) is 9.73. The summed E-state index contributed by atoms with van der Waals surface area (Å²) in [5, 5.41) is -0.140. The molecule has 1 aromatic carbocycles. The summed E-state index contributed by atoms with van der Waals surface area (Å²) >= 11 is 5.80. The highest BCUT2D eigenvalue weighted by Gasteiger charge is 2.19. The van der Waals surface area contributed by atoms with Crippen LogP contribution in [-0.2, 0) is 0 Å². The predicted octanol–water partition coefficient (Wildman–Crippen LogP) is 2.72. The summed E-state index contributed by atoms with van der Waals surface area (Å²) in [6.07, 6.45) is 0. The van der Waals surface area contributed by atoms with E-state index in [1.807, 2.05) is 0 Å². The minimum absolute atomic E-state index is 0.0846. The van der Waals surface area contributed by atoms with Crippen LogP contribution in [0.3, 0.4) is 0 Å². The Morgan fingerprint density at radius 1 is 1.14 bits per heavy atom. The minimum atomic E-state index is -1.68. The van der Waals surface area contributed by atoms with Crippen molar-refractivity contribution in [3.63, 3.8) is 0 Å². The smallest absolute Gasteiger partial charge is 0.297 e. The van der Waals surface area contributed by atoms with E-state index >= 15 is 0 Å².